The lowest BCUT2D eigenvalue weighted by atomic mass is 9.86. The first-order valence-corrected chi connectivity index (χ1v) is 17.3. The van der Waals surface area contributed by atoms with E-state index in [2.05, 4.69) is 26.7 Å². The van der Waals surface area contributed by atoms with Gasteiger partial charge in [-0.15, -0.1) is 0 Å². The molecule has 4 fully saturated rings. The van der Waals surface area contributed by atoms with Gasteiger partial charge >= 0.3 is 6.01 Å². The molecular weight excluding hydrogens is 600 g/mol. The summed E-state index contributed by atoms with van der Waals surface area (Å²) in [5, 5.41) is 12.3. The summed E-state index contributed by atoms with van der Waals surface area (Å²) in [7, 11) is 0. The van der Waals surface area contributed by atoms with Crippen molar-refractivity contribution in [1.29, 1.82) is 0 Å². The molecular formula is C37H43F2N5O3. The van der Waals surface area contributed by atoms with Crippen molar-refractivity contribution in [3.63, 3.8) is 0 Å². The minimum atomic E-state index is -0.649. The van der Waals surface area contributed by atoms with Crippen LogP contribution in [-0.2, 0) is 11.2 Å². The second-order valence-electron chi connectivity index (χ2n) is 14.5. The molecule has 0 unspecified atom stereocenters. The Kier molecular flexibility index (Phi) is 7.71. The van der Waals surface area contributed by atoms with Crippen molar-refractivity contribution >= 4 is 27.5 Å². The fourth-order valence-corrected chi connectivity index (χ4v) is 7.98. The van der Waals surface area contributed by atoms with E-state index in [1.807, 2.05) is 6.92 Å². The summed E-state index contributed by atoms with van der Waals surface area (Å²) in [6, 6.07) is 6.16. The highest BCUT2D eigenvalue weighted by Gasteiger charge is 2.46. The number of hydrogen-bond acceptors (Lipinski definition) is 8. The number of pyridine rings is 1. The molecule has 3 saturated heterocycles. The molecule has 2 aromatic carbocycles. The number of benzene rings is 2. The number of piperidine rings is 2. The maximum Gasteiger partial charge on any atom is 0.319 e. The molecule has 4 aromatic rings. The normalized spacial score (nSPS) is 23.0. The molecule has 47 heavy (non-hydrogen) atoms. The molecule has 1 aliphatic carbocycles. The number of likely N-dealkylation sites (tertiary alicyclic amines) is 1. The molecule has 8 rings (SSSR count). The van der Waals surface area contributed by atoms with E-state index in [0.717, 1.165) is 70.8 Å². The number of ether oxygens (including phenoxy) is 2. The Morgan fingerprint density at radius 1 is 1.06 bits per heavy atom. The van der Waals surface area contributed by atoms with E-state index < -0.39 is 5.82 Å². The van der Waals surface area contributed by atoms with Crippen LogP contribution in [0.5, 0.6) is 11.8 Å². The number of halogens is 2. The molecule has 5 heterocycles. The molecule has 1 spiro atoms. The maximum absolute atomic E-state index is 16.9. The molecule has 248 valence electrons. The highest BCUT2D eigenvalue weighted by molar-refractivity contribution is 6.01. The van der Waals surface area contributed by atoms with E-state index in [9.17, 15) is 9.50 Å². The van der Waals surface area contributed by atoms with Crippen molar-refractivity contribution in [2.75, 3.05) is 50.8 Å². The van der Waals surface area contributed by atoms with Crippen LogP contribution in [-0.4, -0.2) is 76.5 Å². The van der Waals surface area contributed by atoms with Crippen molar-refractivity contribution in [1.82, 2.24) is 19.9 Å². The minimum absolute atomic E-state index is 0.00438. The number of aryl methyl sites for hydroxylation is 1. The Labute approximate surface area is 274 Å². The summed E-state index contributed by atoms with van der Waals surface area (Å²) in [4.78, 5) is 18.9. The van der Waals surface area contributed by atoms with Crippen molar-refractivity contribution in [3.05, 3.63) is 47.7 Å². The number of aromatic hydroxyl groups is 1. The fraction of sp³-hybridized carbons (Fsp3) is 0.541. The van der Waals surface area contributed by atoms with Crippen molar-refractivity contribution in [3.8, 4) is 23.0 Å². The molecule has 4 aliphatic rings. The molecule has 3 aliphatic heterocycles. The number of nitrogens with zero attached hydrogens (tertiary/aromatic N) is 5. The summed E-state index contributed by atoms with van der Waals surface area (Å²) in [6.45, 7) is 10.1. The lowest BCUT2D eigenvalue weighted by molar-refractivity contribution is -0.151. The van der Waals surface area contributed by atoms with E-state index in [1.54, 1.807) is 18.3 Å². The maximum atomic E-state index is 16.9. The first kappa shape index (κ1) is 30.7. The number of anilines is 1. The van der Waals surface area contributed by atoms with Crippen LogP contribution in [0.15, 0.2) is 30.5 Å². The summed E-state index contributed by atoms with van der Waals surface area (Å²) in [6.07, 6.45) is 9.57. The van der Waals surface area contributed by atoms with Crippen LogP contribution >= 0.6 is 0 Å². The number of hydrogen-bond donors (Lipinski definition) is 1. The van der Waals surface area contributed by atoms with E-state index in [-0.39, 0.29) is 39.8 Å². The zero-order chi connectivity index (χ0) is 32.3. The SMILES string of the molecule is CCc1c(F)ccc2cc(O)cc(-c3ncc4c(N5CCC[C@]6(CCO6)C5)nc(OCC5(CN6CCC(C)CC6)CC5)nc4c3F)c12. The fourth-order valence-electron chi connectivity index (χ4n) is 7.98. The highest BCUT2D eigenvalue weighted by atomic mass is 19.1. The van der Waals surface area contributed by atoms with E-state index in [0.29, 0.717) is 52.7 Å². The summed E-state index contributed by atoms with van der Waals surface area (Å²) in [5.74, 6) is 0.296. The number of phenols is 1. The van der Waals surface area contributed by atoms with Crippen LogP contribution < -0.4 is 9.64 Å². The number of fused-ring (bicyclic) bond motifs is 2. The van der Waals surface area contributed by atoms with Gasteiger partial charge < -0.3 is 24.4 Å². The predicted molar refractivity (Wildman–Crippen MR) is 178 cm³/mol. The lowest BCUT2D eigenvalue weighted by Gasteiger charge is -2.48. The molecule has 8 nitrogen and oxygen atoms in total. The van der Waals surface area contributed by atoms with Crippen LogP contribution in [0.3, 0.4) is 0 Å². The lowest BCUT2D eigenvalue weighted by Crippen LogP contribution is -2.56. The highest BCUT2D eigenvalue weighted by Crippen LogP contribution is 2.47. The zero-order valence-electron chi connectivity index (χ0n) is 27.3. The topological polar surface area (TPSA) is 83.8 Å². The molecule has 0 amide bonds. The van der Waals surface area contributed by atoms with Gasteiger partial charge in [0.25, 0.3) is 0 Å². The van der Waals surface area contributed by atoms with Gasteiger partial charge in [0.15, 0.2) is 5.82 Å². The standard InChI is InChI=1S/C37H43F2N5O3/c1-3-26-29(38)6-5-24-17-25(45)18-27(30(24)26)32-31(39)33-28(19-40-32)34(44-13-4-9-37(21-44)12-16-47-37)42-35(41-33)46-22-36(10-11-36)20-43-14-7-23(2)8-15-43/h5-6,17-19,23,45H,3-4,7-16,20-22H2,1-2H3/t37-/m0/s1. The van der Waals surface area contributed by atoms with Crippen molar-refractivity contribution < 1.29 is 23.4 Å². The molecule has 0 bridgehead atoms. The van der Waals surface area contributed by atoms with Crippen LogP contribution in [0.4, 0.5) is 14.6 Å². The molecule has 1 N–H and O–H groups in total. The number of phenolic OH excluding ortho intramolecular Hbond substituents is 1. The van der Waals surface area contributed by atoms with Crippen LogP contribution in [0, 0.1) is 23.0 Å². The smallest absolute Gasteiger partial charge is 0.319 e. The largest absolute Gasteiger partial charge is 0.508 e. The average Bonchev–Trinajstić information content (AvgIpc) is 3.83. The van der Waals surface area contributed by atoms with E-state index in [4.69, 9.17) is 14.5 Å². The molecule has 10 heteroatoms. The Hall–Kier alpha value is -3.63. The van der Waals surface area contributed by atoms with Gasteiger partial charge in [0, 0.05) is 43.2 Å². The molecule has 1 saturated carbocycles. The Balaban J connectivity index is 1.20. The Morgan fingerprint density at radius 3 is 2.60 bits per heavy atom. The first-order valence-electron chi connectivity index (χ1n) is 17.3. The van der Waals surface area contributed by atoms with Gasteiger partial charge in [0.05, 0.1) is 24.2 Å². The van der Waals surface area contributed by atoms with Crippen molar-refractivity contribution in [2.24, 2.45) is 11.3 Å². The van der Waals surface area contributed by atoms with Gasteiger partial charge in [-0.3, -0.25) is 4.98 Å². The summed E-state index contributed by atoms with van der Waals surface area (Å²) in [5.41, 5.74) is 0.744. The third-order valence-corrected chi connectivity index (χ3v) is 11.1. The average molecular weight is 644 g/mol. The minimum Gasteiger partial charge on any atom is -0.508 e. The quantitative estimate of drug-likeness (QED) is 0.219. The van der Waals surface area contributed by atoms with Gasteiger partial charge in [-0.25, -0.2) is 8.78 Å². The zero-order valence-corrected chi connectivity index (χ0v) is 27.3. The van der Waals surface area contributed by atoms with Crippen LogP contribution in [0.25, 0.3) is 32.9 Å². The first-order chi connectivity index (χ1) is 22.8. The third-order valence-electron chi connectivity index (χ3n) is 11.1. The molecule has 2 aromatic heterocycles. The molecule has 1 atom stereocenters. The van der Waals surface area contributed by atoms with Crippen molar-refractivity contribution in [2.45, 2.75) is 70.8 Å². The summed E-state index contributed by atoms with van der Waals surface area (Å²) >= 11 is 0. The Morgan fingerprint density at radius 2 is 1.87 bits per heavy atom. The van der Waals surface area contributed by atoms with Crippen LogP contribution in [0.1, 0.15) is 64.4 Å². The summed E-state index contributed by atoms with van der Waals surface area (Å²) < 4.78 is 44.3. The second-order valence-corrected chi connectivity index (χ2v) is 14.5. The third kappa shape index (κ3) is 5.67. The second kappa shape index (κ2) is 11.8. The van der Waals surface area contributed by atoms with E-state index in [1.165, 1.54) is 25.0 Å². The van der Waals surface area contributed by atoms with Gasteiger partial charge in [-0.1, -0.05) is 19.9 Å². The monoisotopic (exact) mass is 643 g/mol. The Bertz CT molecular complexity index is 1830. The van der Waals surface area contributed by atoms with Gasteiger partial charge in [-0.05, 0) is 98.5 Å². The number of aromatic nitrogens is 3. The predicted octanol–water partition coefficient (Wildman–Crippen LogP) is 7.04. The van der Waals surface area contributed by atoms with Gasteiger partial charge in [0.1, 0.15) is 28.6 Å². The van der Waals surface area contributed by atoms with E-state index >= 15 is 4.39 Å². The number of rotatable bonds is 8. The van der Waals surface area contributed by atoms with Gasteiger partial charge in [0.2, 0.25) is 0 Å². The van der Waals surface area contributed by atoms with Gasteiger partial charge in [-0.2, -0.15) is 9.97 Å². The van der Waals surface area contributed by atoms with Crippen LogP contribution in [0.2, 0.25) is 0 Å². The molecule has 0 radical (unpaired) electrons.